The van der Waals surface area contributed by atoms with Crippen LogP contribution < -0.4 is 10.2 Å². The van der Waals surface area contributed by atoms with Gasteiger partial charge in [0.2, 0.25) is 0 Å². The van der Waals surface area contributed by atoms with Crippen LogP contribution in [0.1, 0.15) is 5.56 Å². The molecule has 2 aromatic rings. The van der Waals surface area contributed by atoms with Gasteiger partial charge in [0.05, 0.1) is 33.4 Å². The monoisotopic (exact) mass is 375 g/mol. The third-order valence-corrected chi connectivity index (χ3v) is 4.21. The lowest BCUT2D eigenvalue weighted by Crippen LogP contribution is -3.08. The Morgan fingerprint density at radius 2 is 1.65 bits per heavy atom. The van der Waals surface area contributed by atoms with Gasteiger partial charge in [0.25, 0.3) is 5.91 Å². The van der Waals surface area contributed by atoms with Gasteiger partial charge in [0, 0.05) is 0 Å². The summed E-state index contributed by atoms with van der Waals surface area (Å²) in [5, 5.41) is 3.74. The second-order valence-electron chi connectivity index (χ2n) is 5.16. The van der Waals surface area contributed by atoms with E-state index in [1.807, 2.05) is 0 Å². The lowest BCUT2D eigenvalue weighted by atomic mass is 10.2. The topological polar surface area (TPSA) is 33.5 Å². The number of rotatable bonds is 5. The van der Waals surface area contributed by atoms with E-state index < -0.39 is 0 Å². The normalized spacial score (nSPS) is 12.0. The van der Waals surface area contributed by atoms with Crippen LogP contribution in [0.15, 0.2) is 36.4 Å². The molecule has 0 fully saturated rings. The highest BCUT2D eigenvalue weighted by atomic mass is 35.5. The number of hydrogen-bond donors (Lipinski definition) is 2. The van der Waals surface area contributed by atoms with Crippen LogP contribution in [0.2, 0.25) is 15.1 Å². The molecule has 1 unspecified atom stereocenters. The van der Waals surface area contributed by atoms with E-state index in [4.69, 9.17) is 34.8 Å². The minimum Gasteiger partial charge on any atom is -0.326 e. The van der Waals surface area contributed by atoms with E-state index >= 15 is 0 Å². The van der Waals surface area contributed by atoms with Gasteiger partial charge >= 0.3 is 0 Å². The van der Waals surface area contributed by atoms with Crippen molar-refractivity contribution in [2.75, 3.05) is 18.9 Å². The van der Waals surface area contributed by atoms with Gasteiger partial charge in [0.1, 0.15) is 12.4 Å². The molecular weight excluding hydrogens is 362 g/mol. The molecule has 1 atom stereocenters. The Labute approximate surface area is 148 Å². The van der Waals surface area contributed by atoms with E-state index in [2.05, 4.69) is 5.32 Å². The maximum absolute atomic E-state index is 13.8. The number of quaternary nitrogens is 1. The second kappa shape index (κ2) is 7.97. The number of anilines is 1. The Morgan fingerprint density at radius 1 is 1.09 bits per heavy atom. The molecule has 2 rings (SSSR count). The minimum atomic E-state index is -0.383. The van der Waals surface area contributed by atoms with Crippen LogP contribution >= 0.6 is 34.8 Å². The van der Waals surface area contributed by atoms with Crippen LogP contribution in [0, 0.1) is 5.82 Å². The number of halogens is 4. The Hall–Kier alpha value is -1.33. The molecule has 0 spiro atoms. The average Bonchev–Trinajstić information content (AvgIpc) is 2.47. The molecule has 0 saturated carbocycles. The van der Waals surface area contributed by atoms with Gasteiger partial charge in [-0.15, -0.1) is 0 Å². The molecule has 0 radical (unpaired) electrons. The Morgan fingerprint density at radius 3 is 2.26 bits per heavy atom. The smallest absolute Gasteiger partial charge is 0.279 e. The van der Waals surface area contributed by atoms with E-state index in [0.717, 1.165) is 4.90 Å². The van der Waals surface area contributed by atoms with Crippen molar-refractivity contribution in [3.8, 4) is 0 Å². The third kappa shape index (κ3) is 4.82. The second-order valence-corrected chi connectivity index (χ2v) is 6.38. The Balaban J connectivity index is 2.00. The number of para-hydroxylation sites is 1. The molecule has 1 amide bonds. The fraction of sp³-hybridized carbons (Fsp3) is 0.188. The first-order valence-corrected chi connectivity index (χ1v) is 8.00. The fourth-order valence-electron chi connectivity index (χ4n) is 2.14. The average molecular weight is 377 g/mol. The van der Waals surface area contributed by atoms with Gasteiger partial charge < -0.3 is 10.2 Å². The van der Waals surface area contributed by atoms with Gasteiger partial charge in [-0.1, -0.05) is 46.9 Å². The lowest BCUT2D eigenvalue weighted by molar-refractivity contribution is -0.885. The minimum absolute atomic E-state index is 0.117. The highest BCUT2D eigenvalue weighted by molar-refractivity contribution is 6.39. The maximum atomic E-state index is 13.8. The molecule has 23 heavy (non-hydrogen) atoms. The van der Waals surface area contributed by atoms with Crippen molar-refractivity contribution < 1.29 is 14.1 Å². The lowest BCUT2D eigenvalue weighted by Gasteiger charge is -2.16. The number of carbonyl (C=O) groups excluding carboxylic acids is 1. The molecule has 0 aliphatic rings. The van der Waals surface area contributed by atoms with Crippen molar-refractivity contribution in [2.24, 2.45) is 0 Å². The molecule has 0 bridgehead atoms. The third-order valence-electron chi connectivity index (χ3n) is 3.23. The number of hydrogen-bond acceptors (Lipinski definition) is 1. The van der Waals surface area contributed by atoms with Gasteiger partial charge in [-0.2, -0.15) is 0 Å². The van der Waals surface area contributed by atoms with Crippen molar-refractivity contribution in [1.29, 1.82) is 0 Å². The van der Waals surface area contributed by atoms with Crippen molar-refractivity contribution >= 4 is 46.4 Å². The van der Waals surface area contributed by atoms with Crippen LogP contribution in [-0.2, 0) is 11.3 Å². The first-order valence-electron chi connectivity index (χ1n) is 6.86. The van der Waals surface area contributed by atoms with Gasteiger partial charge in [-0.3, -0.25) is 4.79 Å². The van der Waals surface area contributed by atoms with Crippen LogP contribution in [0.25, 0.3) is 0 Å². The number of likely N-dealkylation sites (N-methyl/N-ethyl adjacent to an activating group) is 1. The van der Waals surface area contributed by atoms with Crippen molar-refractivity contribution in [1.82, 2.24) is 0 Å². The summed E-state index contributed by atoms with van der Waals surface area (Å²) in [7, 11) is 1.77. The zero-order valence-corrected chi connectivity index (χ0v) is 14.6. The number of carbonyl (C=O) groups is 1. The number of nitrogens with one attached hydrogen (secondary N) is 2. The molecule has 0 aliphatic heterocycles. The number of benzene rings is 2. The van der Waals surface area contributed by atoms with Crippen molar-refractivity contribution in [3.63, 3.8) is 0 Å². The summed E-state index contributed by atoms with van der Waals surface area (Å²) in [5.41, 5.74) is 0.757. The predicted molar refractivity (Wildman–Crippen MR) is 92.0 cm³/mol. The molecule has 0 aromatic heterocycles. The maximum Gasteiger partial charge on any atom is 0.279 e. The van der Waals surface area contributed by atoms with Crippen LogP contribution in [0.3, 0.4) is 0 Å². The van der Waals surface area contributed by atoms with E-state index in [9.17, 15) is 9.18 Å². The Kier molecular flexibility index (Phi) is 6.25. The summed E-state index contributed by atoms with van der Waals surface area (Å²) in [6.07, 6.45) is 0. The molecule has 122 valence electrons. The highest BCUT2D eigenvalue weighted by Gasteiger charge is 2.17. The molecule has 0 aliphatic carbocycles. The fourth-order valence-corrected chi connectivity index (χ4v) is 2.86. The van der Waals surface area contributed by atoms with Gasteiger partial charge in [-0.05, 0) is 24.3 Å². The molecule has 2 aromatic carbocycles. The van der Waals surface area contributed by atoms with Crippen LogP contribution in [-0.4, -0.2) is 19.5 Å². The highest BCUT2D eigenvalue weighted by Crippen LogP contribution is 2.29. The molecular formula is C16H15Cl3FN2O+. The molecule has 7 heteroatoms. The molecule has 0 saturated heterocycles. The first kappa shape index (κ1) is 18.0. The van der Waals surface area contributed by atoms with Gasteiger partial charge in [0.15, 0.2) is 6.54 Å². The molecule has 2 N–H and O–H groups in total. The van der Waals surface area contributed by atoms with Crippen LogP contribution in [0.4, 0.5) is 10.1 Å². The zero-order valence-electron chi connectivity index (χ0n) is 12.3. The van der Waals surface area contributed by atoms with E-state index in [1.165, 1.54) is 6.07 Å². The summed E-state index contributed by atoms with van der Waals surface area (Å²) < 4.78 is 13.8. The first-order chi connectivity index (χ1) is 10.9. The summed E-state index contributed by atoms with van der Waals surface area (Å²) in [6.45, 7) is 0.404. The Bertz CT molecular complexity index is 684. The molecule has 0 heterocycles. The van der Waals surface area contributed by atoms with Crippen molar-refractivity contribution in [3.05, 3.63) is 62.8 Å². The van der Waals surface area contributed by atoms with E-state index in [1.54, 1.807) is 37.4 Å². The summed E-state index contributed by atoms with van der Waals surface area (Å²) in [5.74, 6) is -0.656. The molecule has 3 nitrogen and oxygen atoms in total. The van der Waals surface area contributed by atoms with Crippen LogP contribution in [0.5, 0.6) is 0 Å². The predicted octanol–water partition coefficient (Wildman–Crippen LogP) is 3.44. The SMILES string of the molecule is C[NH+](CC(=O)Nc1c(Cl)cccc1Cl)Cc1c(F)cccc1Cl. The van der Waals surface area contributed by atoms with Gasteiger partial charge in [-0.25, -0.2) is 4.39 Å². The van der Waals surface area contributed by atoms with E-state index in [-0.39, 0.29) is 24.8 Å². The summed E-state index contributed by atoms with van der Waals surface area (Å²) in [6, 6.07) is 9.48. The summed E-state index contributed by atoms with van der Waals surface area (Å²) >= 11 is 18.0. The standard InChI is InChI=1S/C16H14Cl3FN2O/c1-22(8-10-11(17)4-3-7-14(10)20)9-15(23)21-16-12(18)5-2-6-13(16)19/h2-7H,8-9H2,1H3,(H,21,23)/p+1. The largest absolute Gasteiger partial charge is 0.326 e. The van der Waals surface area contributed by atoms with Crippen molar-refractivity contribution in [2.45, 2.75) is 6.54 Å². The number of amides is 1. The quantitative estimate of drug-likeness (QED) is 0.823. The summed E-state index contributed by atoms with van der Waals surface area (Å²) in [4.78, 5) is 12.9. The van der Waals surface area contributed by atoms with E-state index in [0.29, 0.717) is 26.3 Å². The zero-order chi connectivity index (χ0) is 17.0.